The Morgan fingerprint density at radius 2 is 1.02 bits per heavy atom. The van der Waals surface area contributed by atoms with Gasteiger partial charge in [0.05, 0.1) is 50.5 Å². The Morgan fingerprint density at radius 3 is 1.43 bits per heavy atom. The topological polar surface area (TPSA) is 150 Å². The van der Waals surface area contributed by atoms with Crippen LogP contribution in [0, 0.1) is 21.7 Å². The molecule has 2 aromatic heterocycles. The number of anilines is 1. The molecule has 12 nitrogen and oxygen atoms in total. The molecule has 0 radical (unpaired) electrons. The fraction of sp³-hybridized carbons (Fsp3) is 0.118. The predicted molar refractivity (Wildman–Crippen MR) is 174 cm³/mol. The summed E-state index contributed by atoms with van der Waals surface area (Å²) >= 11 is 0. The van der Waals surface area contributed by atoms with Gasteiger partial charge in [0.2, 0.25) is 0 Å². The Morgan fingerprint density at radius 1 is 0.592 bits per heavy atom. The zero-order valence-electron chi connectivity index (χ0n) is 26.4. The number of rotatable bonds is 9. The van der Waals surface area contributed by atoms with Crippen LogP contribution >= 0.6 is 0 Å². The number of methoxy groups -OCH3 is 4. The van der Waals surface area contributed by atoms with E-state index in [2.05, 4.69) is 9.97 Å². The van der Waals surface area contributed by atoms with E-state index in [0.717, 1.165) is 6.07 Å². The molecule has 0 bridgehead atoms. The van der Waals surface area contributed by atoms with Gasteiger partial charge in [-0.25, -0.2) is 8.78 Å². The van der Waals surface area contributed by atoms with Crippen LogP contribution in [0.15, 0.2) is 85.2 Å². The van der Waals surface area contributed by atoms with E-state index in [1.165, 1.54) is 44.7 Å². The van der Waals surface area contributed by atoms with Crippen molar-refractivity contribution in [1.29, 1.82) is 0 Å². The van der Waals surface area contributed by atoms with Crippen molar-refractivity contribution >= 4 is 33.2 Å². The Hall–Kier alpha value is -5.92. The van der Waals surface area contributed by atoms with Crippen LogP contribution in [0.2, 0.25) is 0 Å². The molecule has 0 fully saturated rings. The van der Waals surface area contributed by atoms with Crippen molar-refractivity contribution in [1.82, 2.24) is 9.97 Å². The molecule has 0 saturated heterocycles. The normalized spacial score (nSPS) is 10.3. The number of hydrogen-bond acceptors (Lipinski definition) is 11. The number of fused-ring (bicyclic) bond motifs is 2. The monoisotopic (exact) mass is 714 g/mol. The van der Waals surface area contributed by atoms with Crippen LogP contribution in [0.4, 0.5) is 20.2 Å². The van der Waals surface area contributed by atoms with Crippen LogP contribution in [-0.2, 0) is 17.1 Å². The van der Waals surface area contributed by atoms with Gasteiger partial charge in [-0.2, -0.15) is 0 Å². The summed E-state index contributed by atoms with van der Waals surface area (Å²) in [6, 6.07) is 17.5. The molecule has 4 aromatic carbocycles. The number of nitrogens with two attached hydrogens (primary N) is 1. The summed E-state index contributed by atoms with van der Waals surface area (Å²) in [5.74, 6) is 1.44. The number of hydrogen-bond donors (Lipinski definition) is 1. The van der Waals surface area contributed by atoms with Crippen molar-refractivity contribution in [3.05, 3.63) is 107 Å². The minimum absolute atomic E-state index is 0. The van der Waals surface area contributed by atoms with E-state index in [0.29, 0.717) is 62.0 Å². The van der Waals surface area contributed by atoms with Crippen molar-refractivity contribution in [2.75, 3.05) is 34.2 Å². The van der Waals surface area contributed by atoms with Crippen LogP contribution < -0.4 is 34.2 Å². The number of nitro groups is 1. The third-order valence-corrected chi connectivity index (χ3v) is 6.94. The van der Waals surface area contributed by atoms with E-state index in [4.69, 9.17) is 34.2 Å². The van der Waals surface area contributed by atoms with Gasteiger partial charge in [0.25, 0.3) is 5.69 Å². The maximum atomic E-state index is 14.1. The summed E-state index contributed by atoms with van der Waals surface area (Å²) in [5, 5.41) is 12.0. The van der Waals surface area contributed by atoms with E-state index in [1.807, 2.05) is 0 Å². The van der Waals surface area contributed by atoms with Gasteiger partial charge in [0, 0.05) is 70.2 Å². The van der Waals surface area contributed by atoms with Crippen LogP contribution in [0.1, 0.15) is 0 Å². The molecule has 0 unspecified atom stereocenters. The second-order valence-corrected chi connectivity index (χ2v) is 9.83. The van der Waals surface area contributed by atoms with Crippen molar-refractivity contribution in [2.24, 2.45) is 0 Å². The first-order chi connectivity index (χ1) is 23.1. The van der Waals surface area contributed by atoms with Gasteiger partial charge in [-0.05, 0) is 42.5 Å². The van der Waals surface area contributed by atoms with E-state index in [1.54, 1.807) is 62.9 Å². The Labute approximate surface area is 288 Å². The molecule has 0 spiro atoms. The number of nitrogens with zero attached hydrogens (tertiary/aromatic N) is 3. The second kappa shape index (κ2) is 15.8. The molecule has 0 aliphatic rings. The summed E-state index contributed by atoms with van der Waals surface area (Å²) in [6.45, 7) is 0. The molecule has 254 valence electrons. The number of nitro benzene ring substituents is 1. The second-order valence-electron chi connectivity index (χ2n) is 9.83. The molecular formula is C34H28F2FeN4O8. The molecule has 2 N–H and O–H groups in total. The summed E-state index contributed by atoms with van der Waals surface area (Å²) in [4.78, 5) is 18.5. The smallest absolute Gasteiger partial charge is 0.272 e. The molecule has 49 heavy (non-hydrogen) atoms. The van der Waals surface area contributed by atoms with Gasteiger partial charge in [-0.3, -0.25) is 20.1 Å². The number of non-ortho nitro benzene ring substituents is 1. The predicted octanol–water partition coefficient (Wildman–Crippen LogP) is 7.85. The fourth-order valence-corrected chi connectivity index (χ4v) is 4.60. The third-order valence-electron chi connectivity index (χ3n) is 6.94. The molecule has 0 amide bonds. The van der Waals surface area contributed by atoms with Gasteiger partial charge >= 0.3 is 0 Å². The minimum atomic E-state index is -0.834. The SMILES string of the molecule is COc1cc2nccc(Oc3ccc(N)cc3F)c2cc1OC.COc1cc2nccc(Oc3ccc([N+](=O)[O-])cc3F)c2cc1OC.[Fe]. The summed E-state index contributed by atoms with van der Waals surface area (Å²) in [7, 11) is 6.10. The van der Waals surface area contributed by atoms with E-state index in [9.17, 15) is 18.9 Å². The molecule has 2 heterocycles. The molecular weight excluding hydrogens is 686 g/mol. The maximum Gasteiger partial charge on any atom is 0.272 e. The number of ether oxygens (including phenoxy) is 6. The van der Waals surface area contributed by atoms with E-state index >= 15 is 0 Å². The van der Waals surface area contributed by atoms with Gasteiger partial charge < -0.3 is 34.2 Å². The van der Waals surface area contributed by atoms with Crippen molar-refractivity contribution in [2.45, 2.75) is 0 Å². The molecule has 0 atom stereocenters. The fourth-order valence-electron chi connectivity index (χ4n) is 4.60. The van der Waals surface area contributed by atoms with Gasteiger partial charge in [-0.15, -0.1) is 0 Å². The number of nitrogen functional groups attached to an aromatic ring is 1. The summed E-state index contributed by atoms with van der Waals surface area (Å²) in [6.07, 6.45) is 3.09. The first-order valence-corrected chi connectivity index (χ1v) is 14.0. The van der Waals surface area contributed by atoms with Crippen LogP contribution in [-0.4, -0.2) is 43.3 Å². The largest absolute Gasteiger partial charge is 0.493 e. The zero-order valence-corrected chi connectivity index (χ0v) is 27.5. The first kappa shape index (κ1) is 35.9. The Balaban J connectivity index is 0.000000217. The molecule has 15 heteroatoms. The average Bonchev–Trinajstić information content (AvgIpc) is 3.09. The third kappa shape index (κ3) is 7.97. The van der Waals surface area contributed by atoms with Crippen LogP contribution in [0.3, 0.4) is 0 Å². The summed E-state index contributed by atoms with van der Waals surface area (Å²) < 4.78 is 60.3. The number of halogens is 2. The van der Waals surface area contributed by atoms with Gasteiger partial charge in [0.15, 0.2) is 46.1 Å². The maximum absolute atomic E-state index is 14.1. The number of aromatic nitrogens is 2. The van der Waals surface area contributed by atoms with E-state index in [-0.39, 0.29) is 34.3 Å². The van der Waals surface area contributed by atoms with Crippen molar-refractivity contribution in [3.63, 3.8) is 0 Å². The molecule has 0 aliphatic heterocycles. The standard InChI is InChI=1S/C17H13FN2O5.C17H15FN2O3.Fe/c1-23-16-8-11-13(9-17(16)24-2)19-6-5-14(11)25-15-4-3-10(20(21)22)7-12(15)18;1-21-16-8-11-13(9-17(16)22-2)20-6-5-14(11)23-15-4-3-10(19)7-12(15)18;/h3-9H,1-2H3;3-9H,19H2,1-2H3;. The molecule has 6 aromatic rings. The zero-order chi connectivity index (χ0) is 34.4. The van der Waals surface area contributed by atoms with Crippen LogP contribution in [0.25, 0.3) is 21.8 Å². The average molecular weight is 714 g/mol. The van der Waals surface area contributed by atoms with Crippen molar-refractivity contribution in [3.8, 4) is 46.0 Å². The van der Waals surface area contributed by atoms with E-state index < -0.39 is 16.6 Å². The molecule has 6 rings (SSSR count). The number of benzene rings is 4. The van der Waals surface area contributed by atoms with Crippen molar-refractivity contribution < 1.29 is 59.2 Å². The minimum Gasteiger partial charge on any atom is -0.493 e. The van der Waals surface area contributed by atoms with Crippen LogP contribution in [0.5, 0.6) is 46.0 Å². The molecule has 0 aliphatic carbocycles. The van der Waals surface area contributed by atoms with Gasteiger partial charge in [0.1, 0.15) is 11.5 Å². The first-order valence-electron chi connectivity index (χ1n) is 14.0. The Bertz CT molecular complexity index is 2140. The van der Waals surface area contributed by atoms with Gasteiger partial charge in [-0.1, -0.05) is 0 Å². The Kier molecular flexibility index (Phi) is 11.6. The molecule has 0 saturated carbocycles. The summed E-state index contributed by atoms with van der Waals surface area (Å²) in [5.41, 5.74) is 6.74. The quantitative estimate of drug-likeness (QED) is 0.0675. The number of pyridine rings is 2.